The van der Waals surface area contributed by atoms with Crippen molar-refractivity contribution in [3.8, 4) is 0 Å². The zero-order valence-corrected chi connectivity index (χ0v) is 28.5. The van der Waals surface area contributed by atoms with Gasteiger partial charge in [-0.2, -0.15) is 0 Å². The number of fused-ring (bicyclic) bond motifs is 6. The fourth-order valence-electron chi connectivity index (χ4n) is 7.44. The van der Waals surface area contributed by atoms with E-state index in [9.17, 15) is 0 Å². The first-order valence-corrected chi connectivity index (χ1v) is 17.1. The van der Waals surface area contributed by atoms with Crippen LogP contribution in [0.5, 0.6) is 0 Å². The van der Waals surface area contributed by atoms with Crippen molar-refractivity contribution < 1.29 is 19.8 Å². The number of nitrogens with one attached hydrogen (secondary N) is 2. The van der Waals surface area contributed by atoms with Gasteiger partial charge in [0.1, 0.15) is 0 Å². The van der Waals surface area contributed by atoms with E-state index in [1.54, 1.807) is 0 Å². The Balaban J connectivity index is 1.89. The van der Waals surface area contributed by atoms with Crippen molar-refractivity contribution >= 4 is 23.6 Å². The van der Waals surface area contributed by atoms with E-state index < -0.39 is 0 Å². The van der Waals surface area contributed by atoms with Gasteiger partial charge in [-0.3, -0.25) is 0 Å². The van der Waals surface area contributed by atoms with E-state index in [4.69, 9.17) is 9.98 Å². The summed E-state index contributed by atoms with van der Waals surface area (Å²) in [5.74, 6) is 0. The molecule has 0 saturated carbocycles. The van der Waals surface area contributed by atoms with Crippen molar-refractivity contribution in [2.45, 2.75) is 117 Å². The van der Waals surface area contributed by atoms with E-state index in [1.165, 1.54) is 55.4 Å². The minimum atomic E-state index is -0.00433. The fraction of sp³-hybridized carbons (Fsp3) is 0.500. The molecule has 2 atom stereocenters. The molecule has 0 fully saturated rings. The summed E-state index contributed by atoms with van der Waals surface area (Å²) in [6, 6.07) is 0.174. The number of hydrogen-bond donors (Lipinski definition) is 2. The second-order valence-electron chi connectivity index (χ2n) is 11.3. The zero-order valence-electron chi connectivity index (χ0n) is 26.3. The van der Waals surface area contributed by atoms with E-state index >= 15 is 0 Å². The second-order valence-corrected chi connectivity index (χ2v) is 13.4. The third-order valence-electron chi connectivity index (χ3n) is 9.46. The van der Waals surface area contributed by atoms with Gasteiger partial charge in [-0.05, 0) is 0 Å². The molecule has 0 amide bonds. The Morgan fingerprint density at radius 2 is 1.17 bits per heavy atom. The fourth-order valence-corrected chi connectivity index (χ4v) is 8.50. The van der Waals surface area contributed by atoms with Crippen LogP contribution in [0.4, 0.5) is 0 Å². The van der Waals surface area contributed by atoms with E-state index in [0.29, 0.717) is 0 Å². The molecule has 2 unspecified atom stereocenters. The molecular formula is C36H47N4Pt. The standard InChI is InChI=1S/C36H47N4.Pt/c1-9-21-22(10-2)30-18-32-25(13-5)26(14-6)34(39-32)20-36-28(16-8)27(15-7)35(40-36)19-33-24(12-4)23(11-3)31(38-33)17-29(21)37-30;/h17-20,29,37,40H,9-16H2,1-8H3;. The van der Waals surface area contributed by atoms with Crippen LogP contribution in [0.1, 0.15) is 105 Å². The maximum absolute atomic E-state index is 5.35. The minimum absolute atomic E-state index is 0.00433. The van der Waals surface area contributed by atoms with Gasteiger partial charge in [-0.25, -0.2) is 0 Å². The Bertz CT molecular complexity index is 1600. The molecule has 2 N–H and O–H groups in total. The molecule has 1 aromatic rings. The topological polar surface area (TPSA) is 52.5 Å². The molecule has 221 valence electrons. The number of hydrogen-bond acceptors (Lipinski definition) is 3. The molecular weight excluding hydrogens is 684 g/mol. The van der Waals surface area contributed by atoms with Crippen LogP contribution in [-0.2, 0) is 32.7 Å². The van der Waals surface area contributed by atoms with Crippen LogP contribution in [0.2, 0.25) is 3.80 Å². The summed E-state index contributed by atoms with van der Waals surface area (Å²) < 4.78 is -0.00433. The van der Waals surface area contributed by atoms with Crippen molar-refractivity contribution in [3.05, 3.63) is 78.9 Å². The molecule has 0 aromatic carbocycles. The van der Waals surface area contributed by atoms with E-state index in [1.807, 2.05) is 0 Å². The van der Waals surface area contributed by atoms with Crippen molar-refractivity contribution in [2.75, 3.05) is 0 Å². The number of aromatic nitrogens is 1. The Morgan fingerprint density at radius 3 is 1.63 bits per heavy atom. The predicted octanol–water partition coefficient (Wildman–Crippen LogP) is 7.38. The summed E-state index contributed by atoms with van der Waals surface area (Å²) in [5.41, 5.74) is 15.6. The number of aliphatic imine (C=N–C) groups is 2. The van der Waals surface area contributed by atoms with E-state index in [2.05, 4.69) is 110 Å². The van der Waals surface area contributed by atoms with E-state index in [0.717, 1.165) is 74.2 Å². The number of rotatable bonds is 8. The number of aromatic amines is 1. The van der Waals surface area contributed by atoms with Crippen molar-refractivity contribution in [3.63, 3.8) is 0 Å². The number of allylic oxidation sites excluding steroid dienone is 5. The molecule has 0 radical (unpaired) electrons. The average molecular weight is 731 g/mol. The molecule has 0 spiro atoms. The van der Waals surface area contributed by atoms with Crippen LogP contribution in [-0.4, -0.2) is 22.4 Å². The Morgan fingerprint density at radius 1 is 0.659 bits per heavy atom. The summed E-state index contributed by atoms with van der Waals surface area (Å²) >= 11 is 2.71. The van der Waals surface area contributed by atoms with Crippen LogP contribution in [0.3, 0.4) is 0 Å². The molecule has 41 heavy (non-hydrogen) atoms. The van der Waals surface area contributed by atoms with Crippen LogP contribution in [0.15, 0.2) is 67.1 Å². The first-order valence-electron chi connectivity index (χ1n) is 16.0. The summed E-state index contributed by atoms with van der Waals surface area (Å²) in [5, 5.41) is 6.38. The van der Waals surface area contributed by atoms with Crippen LogP contribution in [0, 0.1) is 0 Å². The number of H-pyrrole nitrogens is 1. The summed E-state index contributed by atoms with van der Waals surface area (Å²) in [6.07, 6.45) is 17.4. The molecule has 4 nitrogen and oxygen atoms in total. The van der Waals surface area contributed by atoms with Gasteiger partial charge in [-0.1, -0.05) is 0 Å². The quantitative estimate of drug-likeness (QED) is 0.289. The molecule has 4 aliphatic rings. The van der Waals surface area contributed by atoms with Crippen molar-refractivity contribution in [2.24, 2.45) is 9.98 Å². The Labute approximate surface area is 258 Å². The van der Waals surface area contributed by atoms with Gasteiger partial charge in [0, 0.05) is 0 Å². The third-order valence-corrected chi connectivity index (χ3v) is 11.7. The first kappa shape index (κ1) is 30.0. The molecule has 0 aliphatic carbocycles. The summed E-state index contributed by atoms with van der Waals surface area (Å²) in [4.78, 5) is 14.5. The molecule has 5 heteroatoms. The number of nitrogens with zero attached hydrogens (tertiary/aromatic N) is 2. The maximum atomic E-state index is 5.35. The van der Waals surface area contributed by atoms with Gasteiger partial charge in [-0.15, -0.1) is 0 Å². The Kier molecular flexibility index (Phi) is 8.81. The van der Waals surface area contributed by atoms with Gasteiger partial charge in [0.15, 0.2) is 0 Å². The summed E-state index contributed by atoms with van der Waals surface area (Å²) in [7, 11) is 0. The monoisotopic (exact) mass is 730 g/mol. The molecule has 4 aliphatic heterocycles. The first-order chi connectivity index (χ1) is 19.8. The average Bonchev–Trinajstić information content (AvgIpc) is 3.67. The van der Waals surface area contributed by atoms with Crippen LogP contribution >= 0.6 is 0 Å². The van der Waals surface area contributed by atoms with E-state index in [-0.39, 0.29) is 9.85 Å². The second kappa shape index (κ2) is 12.0. The van der Waals surface area contributed by atoms with Gasteiger partial charge in [0.05, 0.1) is 0 Å². The van der Waals surface area contributed by atoms with Gasteiger partial charge in [0.2, 0.25) is 0 Å². The third kappa shape index (κ3) is 4.89. The van der Waals surface area contributed by atoms with Gasteiger partial charge >= 0.3 is 259 Å². The molecule has 5 rings (SSSR count). The SMILES string of the molecule is CCC1=C(CC)C2=NC1=CC1=C(CC)[C]([Pt])(CC)C(C=C3N=C(C=c4[nH]c(c(CC)c4CC)=C2)C(CC)=C3CC)N1. The molecule has 1 aromatic heterocycles. The van der Waals surface area contributed by atoms with Crippen LogP contribution < -0.4 is 16.0 Å². The zero-order chi connectivity index (χ0) is 29.5. The van der Waals surface area contributed by atoms with Gasteiger partial charge < -0.3 is 0 Å². The van der Waals surface area contributed by atoms with Gasteiger partial charge in [0.25, 0.3) is 0 Å². The predicted molar refractivity (Wildman–Crippen MR) is 171 cm³/mol. The Hall–Kier alpha value is -2.45. The van der Waals surface area contributed by atoms with Crippen molar-refractivity contribution in [1.29, 1.82) is 0 Å². The molecule has 0 saturated heterocycles. The normalized spacial score (nSPS) is 23.8. The summed E-state index contributed by atoms with van der Waals surface area (Å²) in [6.45, 7) is 18.3. The molecule has 5 heterocycles. The molecule has 8 bridgehead atoms. The van der Waals surface area contributed by atoms with Crippen LogP contribution in [0.25, 0.3) is 12.2 Å². The van der Waals surface area contributed by atoms with Crippen molar-refractivity contribution in [1.82, 2.24) is 10.3 Å².